The van der Waals surface area contributed by atoms with E-state index in [2.05, 4.69) is 4.90 Å². The summed E-state index contributed by atoms with van der Waals surface area (Å²) in [7, 11) is 3.02. The molecule has 1 atom stereocenters. The normalized spacial score (nSPS) is 17.5. The highest BCUT2D eigenvalue weighted by atomic mass is 19.4. The molecule has 2 aromatic carbocycles. The number of benzene rings is 2. The minimum Gasteiger partial charge on any atom is -0.457 e. The summed E-state index contributed by atoms with van der Waals surface area (Å²) in [6, 6.07) is 12.7. The van der Waals surface area contributed by atoms with Gasteiger partial charge in [-0.1, -0.05) is 18.2 Å². The predicted octanol–water partition coefficient (Wildman–Crippen LogP) is 3.51. The lowest BCUT2D eigenvalue weighted by Crippen LogP contribution is -2.57. The second-order valence-electron chi connectivity index (χ2n) is 7.81. The third-order valence-electron chi connectivity index (χ3n) is 5.55. The second kappa shape index (κ2) is 9.05. The number of halogens is 3. The van der Waals surface area contributed by atoms with Crippen molar-refractivity contribution in [1.82, 2.24) is 9.80 Å². The van der Waals surface area contributed by atoms with Crippen LogP contribution in [0.3, 0.4) is 0 Å². The molecular weight excluding hydrogens is 409 g/mol. The number of hydrogen-bond donors (Lipinski definition) is 1. The summed E-state index contributed by atoms with van der Waals surface area (Å²) in [5.41, 5.74) is 8.50. The van der Waals surface area contributed by atoms with Gasteiger partial charge in [-0.3, -0.25) is 9.69 Å². The second-order valence-corrected chi connectivity index (χ2v) is 7.81. The first-order valence-corrected chi connectivity index (χ1v) is 9.97. The molecule has 0 aliphatic carbocycles. The van der Waals surface area contributed by atoms with Gasteiger partial charge >= 0.3 is 12.1 Å². The quantitative estimate of drug-likeness (QED) is 0.727. The van der Waals surface area contributed by atoms with Crippen LogP contribution in [0.15, 0.2) is 42.5 Å². The Hall–Kier alpha value is -2.94. The molecule has 1 aliphatic heterocycles. The Balaban J connectivity index is 1.80. The summed E-state index contributed by atoms with van der Waals surface area (Å²) in [6.45, 7) is 3.60. The Morgan fingerprint density at radius 1 is 1.19 bits per heavy atom. The van der Waals surface area contributed by atoms with Crippen molar-refractivity contribution in [3.05, 3.63) is 48.0 Å². The number of nitrogen functional groups attached to an aromatic ring is 1. The van der Waals surface area contributed by atoms with Gasteiger partial charge in [-0.15, -0.1) is 0 Å². The number of alkyl halides is 3. The summed E-state index contributed by atoms with van der Waals surface area (Å²) >= 11 is 0. The van der Waals surface area contributed by atoms with Gasteiger partial charge in [0, 0.05) is 44.8 Å². The summed E-state index contributed by atoms with van der Waals surface area (Å²) < 4.78 is 44.3. The van der Waals surface area contributed by atoms with Crippen molar-refractivity contribution in [3.8, 4) is 11.5 Å². The van der Waals surface area contributed by atoms with Crippen molar-refractivity contribution >= 4 is 17.3 Å². The molecule has 1 fully saturated rings. The lowest BCUT2D eigenvalue weighted by atomic mass is 10.1. The average molecular weight is 436 g/mol. The number of nitrogens with zero attached hydrogens (tertiary/aromatic N) is 3. The van der Waals surface area contributed by atoms with Gasteiger partial charge in [-0.25, -0.2) is 0 Å². The van der Waals surface area contributed by atoms with Crippen molar-refractivity contribution in [3.63, 3.8) is 0 Å². The zero-order chi connectivity index (χ0) is 22.8. The number of hydrogen-bond acceptors (Lipinski definition) is 5. The Morgan fingerprint density at radius 3 is 2.52 bits per heavy atom. The summed E-state index contributed by atoms with van der Waals surface area (Å²) in [4.78, 5) is 16.3. The van der Waals surface area contributed by atoms with E-state index >= 15 is 0 Å². The Morgan fingerprint density at radius 2 is 1.87 bits per heavy atom. The topological polar surface area (TPSA) is 62.0 Å². The molecule has 168 valence electrons. The van der Waals surface area contributed by atoms with Crippen molar-refractivity contribution in [2.45, 2.75) is 19.1 Å². The van der Waals surface area contributed by atoms with E-state index in [4.69, 9.17) is 10.5 Å². The number of carbonyl (C=O) groups excluding carboxylic acids is 1. The van der Waals surface area contributed by atoms with E-state index in [1.165, 1.54) is 7.05 Å². The maximum absolute atomic E-state index is 12.8. The van der Waals surface area contributed by atoms with Crippen LogP contribution >= 0.6 is 0 Å². The standard InChI is InChI=1S/C22H27F3N4O2/c1-15-19(31-17-7-5-4-6-8-17)10-9-18(26)20(15)29-12-11-27(2)16(14-29)13-28(3)21(30)22(23,24)25/h4-10,16H,11-14,26H2,1-3H3/t16-/m0/s1. The number of piperazine rings is 1. The van der Waals surface area contributed by atoms with Crippen LogP contribution < -0.4 is 15.4 Å². The van der Waals surface area contributed by atoms with Gasteiger partial charge in [0.2, 0.25) is 0 Å². The van der Waals surface area contributed by atoms with Gasteiger partial charge in [0.05, 0.1) is 11.4 Å². The Bertz CT molecular complexity index is 921. The zero-order valence-electron chi connectivity index (χ0n) is 17.8. The first kappa shape index (κ1) is 22.7. The van der Waals surface area contributed by atoms with E-state index < -0.39 is 12.1 Å². The van der Waals surface area contributed by atoms with Crippen LogP contribution in [-0.2, 0) is 4.79 Å². The van der Waals surface area contributed by atoms with E-state index in [1.807, 2.05) is 55.3 Å². The van der Waals surface area contributed by atoms with Gasteiger partial charge in [0.1, 0.15) is 11.5 Å². The predicted molar refractivity (Wildman–Crippen MR) is 114 cm³/mol. The molecule has 0 spiro atoms. The molecule has 1 aliphatic rings. The minimum absolute atomic E-state index is 0.0372. The first-order valence-electron chi connectivity index (χ1n) is 9.97. The minimum atomic E-state index is -4.88. The fraction of sp³-hybridized carbons (Fsp3) is 0.409. The smallest absolute Gasteiger partial charge is 0.457 e. The molecule has 3 rings (SSSR count). The summed E-state index contributed by atoms with van der Waals surface area (Å²) in [5, 5.41) is 0. The molecule has 0 saturated carbocycles. The molecule has 0 bridgehead atoms. The fourth-order valence-corrected chi connectivity index (χ4v) is 3.81. The molecule has 2 aromatic rings. The lowest BCUT2D eigenvalue weighted by molar-refractivity contribution is -0.184. The molecule has 6 nitrogen and oxygen atoms in total. The number of amides is 1. The number of nitrogens with two attached hydrogens (primary N) is 1. The van der Waals surface area contributed by atoms with Gasteiger partial charge in [0.15, 0.2) is 0 Å². The van der Waals surface area contributed by atoms with E-state index in [0.29, 0.717) is 36.8 Å². The molecule has 1 amide bonds. The molecule has 2 N–H and O–H groups in total. The van der Waals surface area contributed by atoms with Crippen molar-refractivity contribution < 1.29 is 22.7 Å². The number of likely N-dealkylation sites (N-methyl/N-ethyl adjacent to an activating group) is 2. The van der Waals surface area contributed by atoms with Crippen LogP contribution in [0, 0.1) is 6.92 Å². The molecule has 1 heterocycles. The van der Waals surface area contributed by atoms with Gasteiger partial charge in [-0.05, 0) is 38.2 Å². The maximum atomic E-state index is 12.8. The zero-order valence-corrected chi connectivity index (χ0v) is 17.8. The third-order valence-corrected chi connectivity index (χ3v) is 5.55. The third kappa shape index (κ3) is 5.22. The van der Waals surface area contributed by atoms with Crippen LogP contribution in [0.2, 0.25) is 0 Å². The molecule has 0 unspecified atom stereocenters. The average Bonchev–Trinajstić information content (AvgIpc) is 2.72. The number of carbonyl (C=O) groups is 1. The van der Waals surface area contributed by atoms with Crippen molar-refractivity contribution in [2.75, 3.05) is 50.9 Å². The van der Waals surface area contributed by atoms with E-state index in [0.717, 1.165) is 16.2 Å². The maximum Gasteiger partial charge on any atom is 0.471 e. The first-order chi connectivity index (χ1) is 14.6. The molecular formula is C22H27F3N4O2. The number of anilines is 2. The van der Waals surface area contributed by atoms with Gasteiger partial charge in [-0.2, -0.15) is 13.2 Å². The summed E-state index contributed by atoms with van der Waals surface area (Å²) in [6.07, 6.45) is -4.88. The Labute approximate surface area is 180 Å². The summed E-state index contributed by atoms with van der Waals surface area (Å²) in [5.74, 6) is -0.480. The van der Waals surface area contributed by atoms with Crippen LogP contribution in [0.4, 0.5) is 24.5 Å². The lowest BCUT2D eigenvalue weighted by Gasteiger charge is -2.42. The van der Waals surface area contributed by atoms with Crippen molar-refractivity contribution in [2.24, 2.45) is 0 Å². The van der Waals surface area contributed by atoms with Gasteiger partial charge < -0.3 is 20.3 Å². The molecule has 31 heavy (non-hydrogen) atoms. The molecule has 9 heteroatoms. The highest BCUT2D eigenvalue weighted by Gasteiger charge is 2.42. The van der Waals surface area contributed by atoms with Crippen LogP contribution in [0.1, 0.15) is 5.56 Å². The largest absolute Gasteiger partial charge is 0.471 e. The molecule has 1 saturated heterocycles. The highest BCUT2D eigenvalue weighted by molar-refractivity contribution is 5.81. The Kier molecular flexibility index (Phi) is 6.64. The monoisotopic (exact) mass is 436 g/mol. The highest BCUT2D eigenvalue weighted by Crippen LogP contribution is 2.37. The number of para-hydroxylation sites is 1. The van der Waals surface area contributed by atoms with E-state index in [1.54, 1.807) is 6.07 Å². The van der Waals surface area contributed by atoms with Gasteiger partial charge in [0.25, 0.3) is 0 Å². The fourth-order valence-electron chi connectivity index (χ4n) is 3.81. The van der Waals surface area contributed by atoms with Crippen LogP contribution in [0.5, 0.6) is 11.5 Å². The molecule has 0 aromatic heterocycles. The number of rotatable bonds is 5. The van der Waals surface area contributed by atoms with Crippen LogP contribution in [-0.4, -0.2) is 68.2 Å². The van der Waals surface area contributed by atoms with Crippen molar-refractivity contribution in [1.29, 1.82) is 0 Å². The SMILES string of the molecule is Cc1c(Oc2ccccc2)ccc(N)c1N1CCN(C)[C@@H](CN(C)C(=O)C(F)(F)F)C1. The molecule has 0 radical (unpaired) electrons. The van der Waals surface area contributed by atoms with E-state index in [-0.39, 0.29) is 12.6 Å². The van der Waals surface area contributed by atoms with E-state index in [9.17, 15) is 18.0 Å². The number of ether oxygens (including phenoxy) is 1. The van der Waals surface area contributed by atoms with Crippen LogP contribution in [0.25, 0.3) is 0 Å².